The number of hydrogen-bond acceptors (Lipinski definition) is 4. The van der Waals surface area contributed by atoms with E-state index >= 15 is 0 Å². The van der Waals surface area contributed by atoms with Crippen LogP contribution >= 0.6 is 0 Å². The summed E-state index contributed by atoms with van der Waals surface area (Å²) < 4.78 is 14.1. The van der Waals surface area contributed by atoms with Gasteiger partial charge in [-0.15, -0.1) is 0 Å². The topological polar surface area (TPSA) is 50.2 Å². The maximum Gasteiger partial charge on any atom is 0.184 e. The van der Waals surface area contributed by atoms with Crippen molar-refractivity contribution in [3.05, 3.63) is 71.2 Å². The fraction of sp³-hybridized carbons (Fsp3) is 0.105. The van der Waals surface area contributed by atoms with Gasteiger partial charge in [-0.1, -0.05) is 30.3 Å². The van der Waals surface area contributed by atoms with Gasteiger partial charge in [-0.25, -0.2) is 14.4 Å². The van der Waals surface area contributed by atoms with E-state index in [9.17, 15) is 4.39 Å². The lowest BCUT2D eigenvalue weighted by Gasteiger charge is -2.10. The van der Waals surface area contributed by atoms with Crippen LogP contribution in [0.4, 0.5) is 15.9 Å². The second-order valence-electron chi connectivity index (χ2n) is 5.71. The van der Waals surface area contributed by atoms with Crippen LogP contribution in [-0.2, 0) is 6.54 Å². The molecule has 0 radical (unpaired) electrons. The van der Waals surface area contributed by atoms with Crippen LogP contribution in [0, 0.1) is 12.7 Å². The molecule has 1 N–H and O–H groups in total. The third kappa shape index (κ3) is 2.65. The van der Waals surface area contributed by atoms with Gasteiger partial charge in [0.05, 0.1) is 12.7 Å². The van der Waals surface area contributed by atoms with Gasteiger partial charge < -0.3 is 5.32 Å². The molecule has 2 aromatic carbocycles. The maximum atomic E-state index is 14.1. The number of benzene rings is 2. The van der Waals surface area contributed by atoms with Gasteiger partial charge in [0, 0.05) is 17.5 Å². The fourth-order valence-electron chi connectivity index (χ4n) is 2.72. The molecule has 118 valence electrons. The van der Waals surface area contributed by atoms with E-state index in [1.165, 1.54) is 11.8 Å². The first-order valence-corrected chi connectivity index (χ1v) is 7.69. The Morgan fingerprint density at radius 1 is 1.12 bits per heavy atom. The summed E-state index contributed by atoms with van der Waals surface area (Å²) in [6.07, 6.45) is 3.03. The Hall–Kier alpha value is -3.08. The molecule has 2 heterocycles. The molecule has 1 aliphatic heterocycles. The molecule has 0 atom stereocenters. The van der Waals surface area contributed by atoms with Gasteiger partial charge in [-0.05, 0) is 35.7 Å². The third-order valence-electron chi connectivity index (χ3n) is 4.03. The molecule has 0 amide bonds. The van der Waals surface area contributed by atoms with E-state index in [1.54, 1.807) is 0 Å². The molecule has 3 aromatic rings. The summed E-state index contributed by atoms with van der Waals surface area (Å²) in [5.41, 5.74) is 4.93. The van der Waals surface area contributed by atoms with Gasteiger partial charge in [0.2, 0.25) is 0 Å². The number of halogens is 1. The molecule has 0 aliphatic carbocycles. The molecule has 0 bridgehead atoms. The van der Waals surface area contributed by atoms with Gasteiger partial charge in [0.25, 0.3) is 0 Å². The Labute approximate surface area is 139 Å². The van der Waals surface area contributed by atoms with Crippen molar-refractivity contribution >= 4 is 17.7 Å². The molecular weight excluding hydrogens is 303 g/mol. The average molecular weight is 318 g/mol. The zero-order valence-electron chi connectivity index (χ0n) is 13.1. The van der Waals surface area contributed by atoms with Gasteiger partial charge in [-0.3, -0.25) is 4.99 Å². The zero-order chi connectivity index (χ0) is 16.5. The Morgan fingerprint density at radius 3 is 2.88 bits per heavy atom. The smallest absolute Gasteiger partial charge is 0.184 e. The van der Waals surface area contributed by atoms with Crippen molar-refractivity contribution in [2.75, 3.05) is 5.32 Å². The molecule has 5 heteroatoms. The summed E-state index contributed by atoms with van der Waals surface area (Å²) in [5, 5.41) is 3.04. The number of aryl methyl sites for hydroxylation is 1. The zero-order valence-corrected chi connectivity index (χ0v) is 13.1. The molecule has 0 saturated carbocycles. The Morgan fingerprint density at radius 2 is 2.00 bits per heavy atom. The highest BCUT2D eigenvalue weighted by atomic mass is 19.1. The number of nitrogens with zero attached hydrogens (tertiary/aromatic N) is 3. The van der Waals surface area contributed by atoms with Crippen LogP contribution in [0.1, 0.15) is 16.7 Å². The Balaban J connectivity index is 1.69. The first-order valence-electron chi connectivity index (χ1n) is 7.69. The quantitative estimate of drug-likeness (QED) is 0.784. The van der Waals surface area contributed by atoms with Crippen LogP contribution in [0.2, 0.25) is 0 Å². The van der Waals surface area contributed by atoms with Crippen molar-refractivity contribution in [1.29, 1.82) is 0 Å². The molecule has 0 fully saturated rings. The van der Waals surface area contributed by atoms with E-state index < -0.39 is 5.82 Å². The van der Waals surface area contributed by atoms with Gasteiger partial charge in [0.15, 0.2) is 17.5 Å². The highest BCUT2D eigenvalue weighted by molar-refractivity contribution is 5.86. The lowest BCUT2D eigenvalue weighted by atomic mass is 10.1. The Kier molecular flexibility index (Phi) is 3.54. The largest absolute Gasteiger partial charge is 0.338 e. The second-order valence-corrected chi connectivity index (χ2v) is 5.71. The van der Waals surface area contributed by atoms with Crippen LogP contribution < -0.4 is 5.32 Å². The molecule has 1 aliphatic rings. The van der Waals surface area contributed by atoms with Crippen molar-refractivity contribution in [3.8, 4) is 11.4 Å². The lowest BCUT2D eigenvalue weighted by Crippen LogP contribution is -2.02. The molecule has 0 unspecified atom stereocenters. The number of nitrogens with one attached hydrogen (secondary N) is 1. The molecule has 0 saturated heterocycles. The number of anilines is 2. The van der Waals surface area contributed by atoms with Gasteiger partial charge >= 0.3 is 0 Å². The van der Waals surface area contributed by atoms with E-state index in [1.807, 2.05) is 55.6 Å². The number of fused-ring (bicyclic) bond motifs is 1. The Bertz CT molecular complexity index is 950. The third-order valence-corrected chi connectivity index (χ3v) is 4.03. The SMILES string of the molecule is Cc1ccccc1-c1ncc(F)c(Nc2ccc3c(c2)C=NC3)n1. The van der Waals surface area contributed by atoms with E-state index in [0.717, 1.165) is 22.4 Å². The summed E-state index contributed by atoms with van der Waals surface area (Å²) in [4.78, 5) is 12.7. The average Bonchev–Trinajstić information content (AvgIpc) is 3.05. The second kappa shape index (κ2) is 5.85. The van der Waals surface area contributed by atoms with Crippen LogP contribution in [0.3, 0.4) is 0 Å². The summed E-state index contributed by atoms with van der Waals surface area (Å²) in [6, 6.07) is 13.6. The molecule has 0 spiro atoms. The fourth-order valence-corrected chi connectivity index (χ4v) is 2.72. The molecule has 1 aromatic heterocycles. The highest BCUT2D eigenvalue weighted by Crippen LogP contribution is 2.25. The van der Waals surface area contributed by atoms with E-state index in [0.29, 0.717) is 12.4 Å². The van der Waals surface area contributed by atoms with Gasteiger partial charge in [0.1, 0.15) is 0 Å². The van der Waals surface area contributed by atoms with Crippen molar-refractivity contribution in [1.82, 2.24) is 9.97 Å². The summed E-state index contributed by atoms with van der Waals surface area (Å²) >= 11 is 0. The van der Waals surface area contributed by atoms with Crippen molar-refractivity contribution < 1.29 is 4.39 Å². The normalized spacial score (nSPS) is 12.2. The minimum Gasteiger partial charge on any atom is -0.338 e. The first-order chi connectivity index (χ1) is 11.7. The number of hydrogen-bond donors (Lipinski definition) is 1. The number of rotatable bonds is 3. The molecule has 4 nitrogen and oxygen atoms in total. The number of aromatic nitrogens is 2. The van der Waals surface area contributed by atoms with Crippen LogP contribution in [0.15, 0.2) is 53.7 Å². The van der Waals surface area contributed by atoms with Crippen molar-refractivity contribution in [3.63, 3.8) is 0 Å². The summed E-state index contributed by atoms with van der Waals surface area (Å²) in [6.45, 7) is 2.68. The standard InChI is InChI=1S/C19H15FN4/c1-12-4-2-3-5-16(12)18-22-11-17(20)19(24-18)23-15-7-6-13-9-21-10-14(13)8-15/h2-8,10-11H,9H2,1H3,(H,22,23,24). The van der Waals surface area contributed by atoms with Crippen molar-refractivity contribution in [2.45, 2.75) is 13.5 Å². The molecule has 4 rings (SSSR count). The minimum atomic E-state index is -0.485. The van der Waals surface area contributed by atoms with Gasteiger partial charge in [-0.2, -0.15) is 0 Å². The minimum absolute atomic E-state index is 0.165. The van der Waals surface area contributed by atoms with Crippen LogP contribution in [-0.4, -0.2) is 16.2 Å². The van der Waals surface area contributed by atoms with E-state index in [-0.39, 0.29) is 5.82 Å². The predicted octanol–water partition coefficient (Wildman–Crippen LogP) is 4.27. The monoisotopic (exact) mass is 318 g/mol. The van der Waals surface area contributed by atoms with E-state index in [4.69, 9.17) is 0 Å². The summed E-state index contributed by atoms with van der Waals surface area (Å²) in [7, 11) is 0. The summed E-state index contributed by atoms with van der Waals surface area (Å²) in [5.74, 6) is 0.180. The van der Waals surface area contributed by atoms with Crippen LogP contribution in [0.25, 0.3) is 11.4 Å². The van der Waals surface area contributed by atoms with Crippen molar-refractivity contribution in [2.24, 2.45) is 4.99 Å². The van der Waals surface area contributed by atoms with E-state index in [2.05, 4.69) is 20.3 Å². The predicted molar refractivity (Wildman–Crippen MR) is 93.2 cm³/mol. The number of aliphatic imine (C=N–C) groups is 1. The molecular formula is C19H15FN4. The van der Waals surface area contributed by atoms with Crippen LogP contribution in [0.5, 0.6) is 0 Å². The maximum absolute atomic E-state index is 14.1. The first kappa shape index (κ1) is 14.5. The highest BCUT2D eigenvalue weighted by Gasteiger charge is 2.12. The molecule has 24 heavy (non-hydrogen) atoms. The lowest BCUT2D eigenvalue weighted by molar-refractivity contribution is 0.619.